The number of fused-ring (bicyclic) bond motifs is 5. The predicted molar refractivity (Wildman–Crippen MR) is 91.2 cm³/mol. The quantitative estimate of drug-likeness (QED) is 0.403. The van der Waals surface area contributed by atoms with Gasteiger partial charge in [0.2, 0.25) is 0 Å². The molecule has 5 atom stereocenters. The fourth-order valence-corrected chi connectivity index (χ4v) is 4.85. The zero-order chi connectivity index (χ0) is 15.1. The molecule has 22 heavy (non-hydrogen) atoms. The van der Waals surface area contributed by atoms with Crippen LogP contribution in [0.4, 0.5) is 0 Å². The predicted octanol–water partition coefficient (Wildman–Crippen LogP) is 2.56. The first-order chi connectivity index (χ1) is 10.7. The molecular formula is C17H20N4S. The summed E-state index contributed by atoms with van der Waals surface area (Å²) < 4.78 is 0. The van der Waals surface area contributed by atoms with E-state index in [1.807, 2.05) is 23.2 Å². The van der Waals surface area contributed by atoms with Gasteiger partial charge in [-0.25, -0.2) is 5.01 Å². The second-order valence-corrected chi connectivity index (χ2v) is 6.97. The highest BCUT2D eigenvalue weighted by molar-refractivity contribution is 7.80. The Labute approximate surface area is 136 Å². The van der Waals surface area contributed by atoms with Crippen molar-refractivity contribution in [1.29, 1.82) is 0 Å². The van der Waals surface area contributed by atoms with Gasteiger partial charge in [0, 0.05) is 6.20 Å². The summed E-state index contributed by atoms with van der Waals surface area (Å²) in [7, 11) is 0. The van der Waals surface area contributed by atoms with Crippen molar-refractivity contribution >= 4 is 23.5 Å². The van der Waals surface area contributed by atoms with Gasteiger partial charge in [-0.15, -0.1) is 0 Å². The number of hydrogen-bond acceptors (Lipinski definition) is 3. The molecule has 0 amide bonds. The lowest BCUT2D eigenvalue weighted by Crippen LogP contribution is -2.45. The van der Waals surface area contributed by atoms with E-state index in [4.69, 9.17) is 18.0 Å². The van der Waals surface area contributed by atoms with Crippen LogP contribution >= 0.6 is 12.2 Å². The lowest BCUT2D eigenvalue weighted by molar-refractivity contribution is 0.166. The molecule has 5 unspecified atom stereocenters. The molecule has 0 radical (unpaired) electrons. The normalized spacial score (nSPS) is 35.2. The highest BCUT2D eigenvalue weighted by Crippen LogP contribution is 2.57. The summed E-state index contributed by atoms with van der Waals surface area (Å²) >= 11 is 5.26. The Kier molecular flexibility index (Phi) is 3.45. The van der Waals surface area contributed by atoms with Crippen LogP contribution in [-0.2, 0) is 0 Å². The number of hydrazone groups is 1. The summed E-state index contributed by atoms with van der Waals surface area (Å²) in [4.78, 5) is 4.27. The van der Waals surface area contributed by atoms with Gasteiger partial charge >= 0.3 is 0 Å². The van der Waals surface area contributed by atoms with Gasteiger partial charge in [0.05, 0.1) is 18.0 Å². The van der Waals surface area contributed by atoms with Crippen LogP contribution in [0.15, 0.2) is 41.6 Å². The number of rotatable bonds is 3. The number of pyridine rings is 1. The van der Waals surface area contributed by atoms with E-state index in [1.165, 1.54) is 12.8 Å². The van der Waals surface area contributed by atoms with Crippen molar-refractivity contribution in [2.75, 3.05) is 0 Å². The van der Waals surface area contributed by atoms with Crippen LogP contribution in [-0.4, -0.2) is 27.4 Å². The molecule has 2 N–H and O–H groups in total. The van der Waals surface area contributed by atoms with Crippen molar-refractivity contribution in [3.63, 3.8) is 0 Å². The average Bonchev–Trinajstić information content (AvgIpc) is 3.21. The Morgan fingerprint density at radius 1 is 1.36 bits per heavy atom. The summed E-state index contributed by atoms with van der Waals surface area (Å²) in [6.07, 6.45) is 12.0. The number of thiocarbonyl (C=S) groups is 1. The minimum atomic E-state index is 0.339. The maximum absolute atomic E-state index is 5.95. The van der Waals surface area contributed by atoms with Gasteiger partial charge in [0.25, 0.3) is 0 Å². The zero-order valence-electron chi connectivity index (χ0n) is 12.4. The summed E-state index contributed by atoms with van der Waals surface area (Å²) in [6.45, 7) is 0. The summed E-state index contributed by atoms with van der Waals surface area (Å²) in [5.74, 6) is 2.99. The number of allylic oxidation sites excluding steroid dienone is 2. The molecule has 114 valence electrons. The Morgan fingerprint density at radius 3 is 3.05 bits per heavy atom. The Morgan fingerprint density at radius 2 is 2.27 bits per heavy atom. The standard InChI is InChI=1S/C17H20N4S/c18-17(22)21(20-10-12-4-1-2-7-19-12)16-9-11-8-15(16)14-6-3-5-13(11)14/h1-4,6-7,10-11,13-16H,5,8-9H2,(H2,18,22)/b20-10+. The fourth-order valence-electron chi connectivity index (χ4n) is 4.67. The van der Waals surface area contributed by atoms with Crippen molar-refractivity contribution in [3.05, 3.63) is 42.2 Å². The lowest BCUT2D eigenvalue weighted by Gasteiger charge is -2.36. The monoisotopic (exact) mass is 312 g/mol. The van der Waals surface area contributed by atoms with Crippen molar-refractivity contribution in [3.8, 4) is 0 Å². The first kappa shape index (κ1) is 13.9. The van der Waals surface area contributed by atoms with E-state index in [-0.39, 0.29) is 0 Å². The second-order valence-electron chi connectivity index (χ2n) is 6.55. The third-order valence-corrected chi connectivity index (χ3v) is 5.70. The molecule has 0 aromatic carbocycles. The molecule has 5 heteroatoms. The molecule has 0 saturated heterocycles. The molecule has 1 heterocycles. The van der Waals surface area contributed by atoms with Crippen LogP contribution in [0.5, 0.6) is 0 Å². The fraction of sp³-hybridized carbons (Fsp3) is 0.471. The maximum Gasteiger partial charge on any atom is 0.187 e. The van der Waals surface area contributed by atoms with E-state index >= 15 is 0 Å². The SMILES string of the molecule is NC(=S)N(/N=C/c1ccccn1)C1CC2CC1C1C=CCC21. The third kappa shape index (κ3) is 2.24. The molecule has 0 spiro atoms. The minimum Gasteiger partial charge on any atom is -0.375 e. The second kappa shape index (κ2) is 5.47. The highest BCUT2D eigenvalue weighted by atomic mass is 32.1. The third-order valence-electron chi connectivity index (χ3n) is 5.52. The number of aromatic nitrogens is 1. The Balaban J connectivity index is 1.55. The maximum atomic E-state index is 5.95. The molecule has 2 fully saturated rings. The largest absolute Gasteiger partial charge is 0.375 e. The van der Waals surface area contributed by atoms with Crippen molar-refractivity contribution in [2.24, 2.45) is 34.5 Å². The van der Waals surface area contributed by atoms with Gasteiger partial charge in [-0.1, -0.05) is 18.2 Å². The van der Waals surface area contributed by atoms with Gasteiger partial charge in [-0.05, 0) is 67.3 Å². The smallest absolute Gasteiger partial charge is 0.187 e. The van der Waals surface area contributed by atoms with Crippen LogP contribution in [0.3, 0.4) is 0 Å². The number of nitrogens with zero attached hydrogens (tertiary/aromatic N) is 3. The van der Waals surface area contributed by atoms with Crippen molar-refractivity contribution in [2.45, 2.75) is 25.3 Å². The van der Waals surface area contributed by atoms with Gasteiger partial charge in [-0.3, -0.25) is 4.98 Å². The molecule has 2 bridgehead atoms. The molecule has 2 saturated carbocycles. The molecular weight excluding hydrogens is 292 g/mol. The highest BCUT2D eigenvalue weighted by Gasteiger charge is 2.54. The molecule has 0 aliphatic heterocycles. The van der Waals surface area contributed by atoms with Crippen LogP contribution in [0.2, 0.25) is 0 Å². The molecule has 3 aliphatic rings. The first-order valence-corrected chi connectivity index (χ1v) is 8.35. The van der Waals surface area contributed by atoms with Crippen molar-refractivity contribution < 1.29 is 0 Å². The molecule has 1 aromatic heterocycles. The van der Waals surface area contributed by atoms with E-state index in [1.54, 1.807) is 12.4 Å². The van der Waals surface area contributed by atoms with Gasteiger partial charge in [0.15, 0.2) is 5.11 Å². The topological polar surface area (TPSA) is 54.5 Å². The van der Waals surface area contributed by atoms with Crippen LogP contribution < -0.4 is 5.73 Å². The van der Waals surface area contributed by atoms with Gasteiger partial charge in [-0.2, -0.15) is 5.10 Å². The van der Waals surface area contributed by atoms with Crippen LogP contribution in [0, 0.1) is 23.7 Å². The van der Waals surface area contributed by atoms with Crippen LogP contribution in [0.1, 0.15) is 25.0 Å². The lowest BCUT2D eigenvalue weighted by atomic mass is 9.79. The van der Waals surface area contributed by atoms with E-state index in [9.17, 15) is 0 Å². The summed E-state index contributed by atoms with van der Waals surface area (Å²) in [6, 6.07) is 6.11. The summed E-state index contributed by atoms with van der Waals surface area (Å²) in [5.41, 5.74) is 6.78. The van der Waals surface area contributed by atoms with E-state index in [0.29, 0.717) is 23.0 Å². The van der Waals surface area contributed by atoms with Gasteiger partial charge in [0.1, 0.15) is 0 Å². The Hall–Kier alpha value is -1.75. The van der Waals surface area contributed by atoms with Gasteiger partial charge < -0.3 is 5.73 Å². The molecule has 3 aliphatic carbocycles. The number of hydrogen-bond donors (Lipinski definition) is 1. The van der Waals surface area contributed by atoms with E-state index < -0.39 is 0 Å². The number of nitrogens with two attached hydrogens (primary N) is 1. The summed E-state index contributed by atoms with van der Waals surface area (Å²) in [5, 5.41) is 6.79. The zero-order valence-corrected chi connectivity index (χ0v) is 13.2. The Bertz CT molecular complexity index is 627. The van der Waals surface area contributed by atoms with Crippen molar-refractivity contribution in [1.82, 2.24) is 9.99 Å². The molecule has 1 aromatic rings. The van der Waals surface area contributed by atoms with Crippen LogP contribution in [0.25, 0.3) is 0 Å². The van der Waals surface area contributed by atoms with E-state index in [0.717, 1.165) is 24.0 Å². The molecule has 4 rings (SSSR count). The van der Waals surface area contributed by atoms with E-state index in [2.05, 4.69) is 22.2 Å². The molecule has 4 nitrogen and oxygen atoms in total. The average molecular weight is 312 g/mol. The first-order valence-electron chi connectivity index (χ1n) is 7.94. The minimum absolute atomic E-state index is 0.339.